The average molecular weight is 344 g/mol. The first-order valence-electron chi connectivity index (χ1n) is 8.84. The van der Waals surface area contributed by atoms with Crippen LogP contribution in [0.2, 0.25) is 0 Å². The van der Waals surface area contributed by atoms with Gasteiger partial charge in [0.15, 0.2) is 0 Å². The van der Waals surface area contributed by atoms with Crippen LogP contribution in [0.1, 0.15) is 37.3 Å². The van der Waals surface area contributed by atoms with Gasteiger partial charge in [0.2, 0.25) is 5.91 Å². The molecule has 6 heteroatoms. The van der Waals surface area contributed by atoms with E-state index in [1.54, 1.807) is 11.8 Å². The minimum Gasteiger partial charge on any atom is -0.335 e. The molecule has 1 fully saturated rings. The van der Waals surface area contributed by atoms with Crippen LogP contribution >= 0.6 is 0 Å². The highest BCUT2D eigenvalue weighted by molar-refractivity contribution is 6.42. The lowest BCUT2D eigenvalue weighted by Gasteiger charge is -2.33. The van der Waals surface area contributed by atoms with E-state index in [-0.39, 0.29) is 17.7 Å². The van der Waals surface area contributed by atoms with Crippen molar-refractivity contribution in [2.45, 2.75) is 32.7 Å². The molecule has 1 saturated heterocycles. The maximum atomic E-state index is 13.0. The number of amides is 2. The van der Waals surface area contributed by atoms with Gasteiger partial charge in [-0.1, -0.05) is 38.1 Å². The van der Waals surface area contributed by atoms with Crippen LogP contribution in [-0.2, 0) is 16.1 Å². The van der Waals surface area contributed by atoms with Crippen molar-refractivity contribution in [3.05, 3.63) is 35.4 Å². The normalized spacial score (nSPS) is 17.4. The Hall–Kier alpha value is -2.05. The van der Waals surface area contributed by atoms with Gasteiger partial charge in [-0.05, 0) is 18.2 Å². The highest BCUT2D eigenvalue weighted by Crippen LogP contribution is 2.20. The fourth-order valence-electron chi connectivity index (χ4n) is 2.82. The molecule has 1 aromatic carbocycles. The summed E-state index contributed by atoms with van der Waals surface area (Å²) < 4.78 is 0. The molecule has 0 saturated carbocycles. The van der Waals surface area contributed by atoms with Gasteiger partial charge in [-0.2, -0.15) is 0 Å². The smallest absolute Gasteiger partial charge is 0.269 e. The zero-order valence-corrected chi connectivity index (χ0v) is 15.4. The molecule has 1 aliphatic heterocycles. The first kappa shape index (κ1) is 19.3. The van der Waals surface area contributed by atoms with E-state index in [4.69, 9.17) is 5.73 Å². The second-order valence-electron chi connectivity index (χ2n) is 6.51. The molecule has 0 radical (unpaired) electrons. The number of carbonyl (C=O) groups excluding carboxylic acids is 2. The van der Waals surface area contributed by atoms with Crippen molar-refractivity contribution in [2.75, 3.05) is 33.2 Å². The molecular formula is C19H28N4O2. The van der Waals surface area contributed by atoms with Gasteiger partial charge >= 0.3 is 0 Å². The largest absolute Gasteiger partial charge is 0.335 e. The Morgan fingerprint density at radius 1 is 1.16 bits per heavy atom. The molecule has 2 N–H and O–H groups in total. The van der Waals surface area contributed by atoms with E-state index in [2.05, 4.69) is 9.89 Å². The number of rotatable bonds is 5. The predicted octanol–water partition coefficient (Wildman–Crippen LogP) is 1.40. The van der Waals surface area contributed by atoms with Crippen LogP contribution in [0.3, 0.4) is 0 Å². The summed E-state index contributed by atoms with van der Waals surface area (Å²) in [6, 6.07) is 7.81. The van der Waals surface area contributed by atoms with Crippen LogP contribution in [0.25, 0.3) is 0 Å². The number of aliphatic imine (C=N–C) groups is 1. The monoisotopic (exact) mass is 344 g/mol. The zero-order valence-electron chi connectivity index (χ0n) is 15.4. The maximum absolute atomic E-state index is 13.0. The maximum Gasteiger partial charge on any atom is 0.269 e. The molecule has 0 aliphatic carbocycles. The van der Waals surface area contributed by atoms with Crippen LogP contribution in [0.4, 0.5) is 0 Å². The minimum absolute atomic E-state index is 0.134. The number of likely N-dealkylation sites (N-methyl/N-ethyl adjacent to an activating group) is 1. The molecule has 0 spiro atoms. The topological polar surface area (TPSA) is 79.0 Å². The van der Waals surface area contributed by atoms with Gasteiger partial charge in [0.25, 0.3) is 5.91 Å². The summed E-state index contributed by atoms with van der Waals surface area (Å²) in [5.74, 6) is -0.636. The van der Waals surface area contributed by atoms with Crippen LogP contribution in [0.5, 0.6) is 0 Å². The van der Waals surface area contributed by atoms with E-state index in [0.717, 1.165) is 24.2 Å². The van der Waals surface area contributed by atoms with Gasteiger partial charge in [0, 0.05) is 45.1 Å². The van der Waals surface area contributed by atoms with Crippen LogP contribution in [-0.4, -0.2) is 60.6 Å². The second-order valence-corrected chi connectivity index (χ2v) is 6.51. The molecule has 25 heavy (non-hydrogen) atoms. The van der Waals surface area contributed by atoms with Crippen LogP contribution in [0.15, 0.2) is 29.3 Å². The molecule has 0 aromatic heterocycles. The molecular weight excluding hydrogens is 316 g/mol. The first-order valence-corrected chi connectivity index (χ1v) is 8.84. The molecule has 6 nitrogen and oxygen atoms in total. The number of hydrogen-bond donors (Lipinski definition) is 1. The summed E-state index contributed by atoms with van der Waals surface area (Å²) in [4.78, 5) is 33.1. The van der Waals surface area contributed by atoms with Gasteiger partial charge in [-0.3, -0.25) is 9.59 Å². The van der Waals surface area contributed by atoms with E-state index in [0.29, 0.717) is 31.8 Å². The molecule has 2 rings (SSSR count). The third-order valence-electron chi connectivity index (χ3n) is 4.68. The highest BCUT2D eigenvalue weighted by Gasteiger charge is 2.28. The Bertz CT molecular complexity index is 631. The molecule has 1 aliphatic rings. The van der Waals surface area contributed by atoms with Gasteiger partial charge in [0.05, 0.1) is 0 Å². The first-order chi connectivity index (χ1) is 12.0. The second kappa shape index (κ2) is 8.87. The van der Waals surface area contributed by atoms with Gasteiger partial charge < -0.3 is 15.5 Å². The summed E-state index contributed by atoms with van der Waals surface area (Å²) in [7, 11) is 2.04. The molecule has 0 bridgehead atoms. The number of carbonyl (C=O) groups is 2. The van der Waals surface area contributed by atoms with Crippen LogP contribution < -0.4 is 5.73 Å². The van der Waals surface area contributed by atoms with E-state index in [1.165, 1.54) is 0 Å². The Kier molecular flexibility index (Phi) is 6.84. The predicted molar refractivity (Wildman–Crippen MR) is 99.6 cm³/mol. The van der Waals surface area contributed by atoms with Crippen molar-refractivity contribution in [1.82, 2.24) is 9.80 Å². The Balaban J connectivity index is 2.26. The minimum atomic E-state index is -0.261. The Morgan fingerprint density at radius 3 is 2.28 bits per heavy atom. The van der Waals surface area contributed by atoms with Gasteiger partial charge in [0.1, 0.15) is 5.71 Å². The third kappa shape index (κ3) is 4.96. The lowest BCUT2D eigenvalue weighted by molar-refractivity contribution is -0.126. The number of nitrogens with zero attached hydrogens (tertiary/aromatic N) is 3. The van der Waals surface area contributed by atoms with E-state index in [9.17, 15) is 9.59 Å². The molecule has 2 amide bonds. The fourth-order valence-corrected chi connectivity index (χ4v) is 2.82. The summed E-state index contributed by atoms with van der Waals surface area (Å²) >= 11 is 0. The SMILES string of the molecule is CCC(=O)N=C(C(=O)N1CCN(C)CC1)C(C)c1ccc(CN)cc1. The molecule has 1 aromatic rings. The van der Waals surface area contributed by atoms with E-state index in [1.807, 2.05) is 38.2 Å². The molecule has 1 atom stereocenters. The quantitative estimate of drug-likeness (QED) is 0.819. The summed E-state index contributed by atoms with van der Waals surface area (Å²) in [5.41, 5.74) is 7.97. The van der Waals surface area contributed by atoms with Crippen molar-refractivity contribution in [2.24, 2.45) is 10.7 Å². The summed E-state index contributed by atoms with van der Waals surface area (Å²) in [5, 5.41) is 0. The Morgan fingerprint density at radius 2 is 1.76 bits per heavy atom. The summed E-state index contributed by atoms with van der Waals surface area (Å²) in [6.45, 7) is 7.14. The molecule has 136 valence electrons. The summed E-state index contributed by atoms with van der Waals surface area (Å²) in [6.07, 6.45) is 0.290. The van der Waals surface area contributed by atoms with Crippen molar-refractivity contribution >= 4 is 17.5 Å². The van der Waals surface area contributed by atoms with E-state index >= 15 is 0 Å². The number of hydrogen-bond acceptors (Lipinski definition) is 4. The number of piperazine rings is 1. The van der Waals surface area contributed by atoms with Crippen molar-refractivity contribution in [3.63, 3.8) is 0 Å². The Labute approximate surface area is 149 Å². The lowest BCUT2D eigenvalue weighted by Crippen LogP contribution is -2.50. The number of nitrogens with two attached hydrogens (primary N) is 1. The van der Waals surface area contributed by atoms with E-state index < -0.39 is 0 Å². The van der Waals surface area contributed by atoms with Gasteiger partial charge in [-0.25, -0.2) is 4.99 Å². The van der Waals surface area contributed by atoms with Crippen molar-refractivity contribution < 1.29 is 9.59 Å². The van der Waals surface area contributed by atoms with Gasteiger partial charge in [-0.15, -0.1) is 0 Å². The standard InChI is InChI=1S/C19H28N4O2/c1-4-17(24)21-18(19(25)23-11-9-22(3)10-12-23)14(2)16-7-5-15(13-20)6-8-16/h5-8,14H,4,9-13,20H2,1-3H3. The van der Waals surface area contributed by atoms with Crippen LogP contribution in [0, 0.1) is 0 Å². The highest BCUT2D eigenvalue weighted by atomic mass is 16.2. The van der Waals surface area contributed by atoms with Crippen molar-refractivity contribution in [3.8, 4) is 0 Å². The molecule has 1 heterocycles. The fraction of sp³-hybridized carbons (Fsp3) is 0.526. The number of benzene rings is 1. The van der Waals surface area contributed by atoms with Crippen molar-refractivity contribution in [1.29, 1.82) is 0 Å². The average Bonchev–Trinajstić information content (AvgIpc) is 2.65. The zero-order chi connectivity index (χ0) is 18.4. The third-order valence-corrected chi connectivity index (χ3v) is 4.68. The molecule has 1 unspecified atom stereocenters. The lowest BCUT2D eigenvalue weighted by atomic mass is 9.94.